The molecule has 0 radical (unpaired) electrons. The number of hydrogen-bond donors (Lipinski definition) is 2. The highest BCUT2D eigenvalue weighted by atomic mass is 35.5. The third-order valence-electron chi connectivity index (χ3n) is 2.29. The maximum absolute atomic E-state index is 12.2. The van der Waals surface area contributed by atoms with Crippen molar-refractivity contribution in [1.29, 1.82) is 0 Å². The van der Waals surface area contributed by atoms with E-state index < -0.39 is 16.0 Å². The van der Waals surface area contributed by atoms with E-state index in [2.05, 4.69) is 9.71 Å². The van der Waals surface area contributed by atoms with Crippen LogP contribution in [0.1, 0.15) is 4.88 Å². The molecule has 0 aliphatic carbocycles. The summed E-state index contributed by atoms with van der Waals surface area (Å²) < 4.78 is 26.7. The highest BCUT2D eigenvalue weighted by Crippen LogP contribution is 2.31. The molecule has 6 nitrogen and oxygen atoms in total. The molecule has 0 atom stereocenters. The molecule has 0 spiro atoms. The molecule has 0 amide bonds. The van der Waals surface area contributed by atoms with Crippen LogP contribution >= 0.6 is 34.5 Å². The first kappa shape index (κ1) is 16.0. The molecule has 1 aromatic heterocycles. The Labute approximate surface area is 134 Å². The van der Waals surface area contributed by atoms with E-state index >= 15 is 0 Å². The van der Waals surface area contributed by atoms with Crippen LogP contribution in [0.15, 0.2) is 29.3 Å². The van der Waals surface area contributed by atoms with Gasteiger partial charge in [-0.2, -0.15) is 0 Å². The third-order valence-corrected chi connectivity index (χ3v) is 5.62. The number of aliphatic carboxylic acids is 1. The lowest BCUT2D eigenvalue weighted by Gasteiger charge is -2.08. The Bertz CT molecular complexity index is 769. The van der Waals surface area contributed by atoms with Crippen LogP contribution in [0, 0.1) is 0 Å². The van der Waals surface area contributed by atoms with Crippen LogP contribution in [0.5, 0.6) is 0 Å². The van der Waals surface area contributed by atoms with Gasteiger partial charge in [-0.1, -0.05) is 29.3 Å². The summed E-state index contributed by atoms with van der Waals surface area (Å²) in [5, 5.41) is 8.68. The maximum atomic E-state index is 12.2. The molecule has 21 heavy (non-hydrogen) atoms. The number of benzene rings is 1. The van der Waals surface area contributed by atoms with E-state index in [-0.39, 0.29) is 26.5 Å². The summed E-state index contributed by atoms with van der Waals surface area (Å²) in [6.07, 6.45) is 1.07. The van der Waals surface area contributed by atoms with Gasteiger partial charge in [0.05, 0.1) is 16.5 Å². The van der Waals surface area contributed by atoms with Gasteiger partial charge in [0.1, 0.15) is 4.90 Å². The zero-order valence-electron chi connectivity index (χ0n) is 10.2. The van der Waals surface area contributed by atoms with Gasteiger partial charge in [0.15, 0.2) is 5.13 Å². The third kappa shape index (κ3) is 3.85. The zero-order valence-corrected chi connectivity index (χ0v) is 13.4. The van der Waals surface area contributed by atoms with Crippen LogP contribution in [0.2, 0.25) is 10.0 Å². The van der Waals surface area contributed by atoms with E-state index in [4.69, 9.17) is 28.3 Å². The van der Waals surface area contributed by atoms with Crippen LogP contribution in [0.25, 0.3) is 0 Å². The van der Waals surface area contributed by atoms with Crippen molar-refractivity contribution in [2.24, 2.45) is 0 Å². The van der Waals surface area contributed by atoms with Crippen molar-refractivity contribution in [3.05, 3.63) is 39.3 Å². The van der Waals surface area contributed by atoms with Gasteiger partial charge in [-0.05, 0) is 12.1 Å². The first-order chi connectivity index (χ1) is 9.79. The number of carboxylic acid groups (broad SMARTS) is 1. The molecule has 2 aromatic rings. The Morgan fingerprint density at radius 1 is 1.33 bits per heavy atom. The number of nitrogens with one attached hydrogen (secondary N) is 1. The number of sulfonamides is 1. The summed E-state index contributed by atoms with van der Waals surface area (Å²) in [5.41, 5.74) is 0. The van der Waals surface area contributed by atoms with Crippen molar-refractivity contribution in [2.75, 3.05) is 4.72 Å². The molecule has 0 aliphatic heterocycles. The first-order valence-electron chi connectivity index (χ1n) is 5.43. The van der Waals surface area contributed by atoms with Crippen molar-refractivity contribution < 1.29 is 18.3 Å². The van der Waals surface area contributed by atoms with Gasteiger partial charge < -0.3 is 5.11 Å². The second kappa shape index (κ2) is 6.18. The number of halogens is 2. The van der Waals surface area contributed by atoms with Gasteiger partial charge >= 0.3 is 5.97 Å². The molecular formula is C11H8Cl2N2O4S2. The van der Waals surface area contributed by atoms with E-state index in [0.29, 0.717) is 4.88 Å². The molecule has 1 aromatic carbocycles. The minimum Gasteiger partial charge on any atom is -0.481 e. The minimum absolute atomic E-state index is 0.0164. The van der Waals surface area contributed by atoms with Crippen LogP contribution < -0.4 is 4.72 Å². The molecule has 0 saturated heterocycles. The Hall–Kier alpha value is -1.35. The summed E-state index contributed by atoms with van der Waals surface area (Å²) in [6, 6.07) is 4.33. The van der Waals surface area contributed by atoms with Crippen LogP contribution in [-0.4, -0.2) is 24.5 Å². The molecule has 112 valence electrons. The fraction of sp³-hybridized carbons (Fsp3) is 0.0909. The Kier molecular flexibility index (Phi) is 4.72. The van der Waals surface area contributed by atoms with Gasteiger partial charge in [0.2, 0.25) is 0 Å². The number of nitrogens with zero attached hydrogens (tertiary/aromatic N) is 1. The molecule has 1 heterocycles. The van der Waals surface area contributed by atoms with Crippen molar-refractivity contribution >= 4 is 55.7 Å². The molecule has 2 rings (SSSR count). The Morgan fingerprint density at radius 2 is 1.95 bits per heavy atom. The van der Waals surface area contributed by atoms with Gasteiger partial charge in [-0.15, -0.1) is 11.3 Å². The lowest BCUT2D eigenvalue weighted by molar-refractivity contribution is -0.136. The highest BCUT2D eigenvalue weighted by molar-refractivity contribution is 7.93. The standard InChI is InChI=1S/C11H8Cl2N2O4S2/c12-7-2-1-3-8(13)10(7)21(18,19)15-11-14-5-6(20-11)4-9(16)17/h1-3,5H,4H2,(H,14,15)(H,16,17). The number of carboxylic acids is 1. The van der Waals surface area contributed by atoms with Crippen molar-refractivity contribution in [1.82, 2.24) is 4.98 Å². The lowest BCUT2D eigenvalue weighted by atomic mass is 10.4. The van der Waals surface area contributed by atoms with Crippen molar-refractivity contribution in [3.8, 4) is 0 Å². The number of carbonyl (C=O) groups is 1. The molecular weight excluding hydrogens is 359 g/mol. The van der Waals surface area contributed by atoms with Gasteiger partial charge in [-0.25, -0.2) is 13.4 Å². The molecule has 0 bridgehead atoms. The molecule has 10 heteroatoms. The van der Waals surface area contributed by atoms with E-state index in [1.54, 1.807) is 0 Å². The molecule has 2 N–H and O–H groups in total. The Morgan fingerprint density at radius 3 is 2.52 bits per heavy atom. The second-order valence-electron chi connectivity index (χ2n) is 3.86. The average molecular weight is 367 g/mol. The fourth-order valence-electron chi connectivity index (χ4n) is 1.49. The molecule has 0 saturated carbocycles. The molecule has 0 aliphatic rings. The lowest BCUT2D eigenvalue weighted by Crippen LogP contribution is -2.13. The molecule has 0 unspecified atom stereocenters. The van der Waals surface area contributed by atoms with Gasteiger partial charge in [0.25, 0.3) is 10.0 Å². The van der Waals surface area contributed by atoms with Crippen LogP contribution in [-0.2, 0) is 21.2 Å². The summed E-state index contributed by atoms with van der Waals surface area (Å²) in [5.74, 6) is -1.03. The van der Waals surface area contributed by atoms with Crippen molar-refractivity contribution in [2.45, 2.75) is 11.3 Å². The largest absolute Gasteiger partial charge is 0.481 e. The summed E-state index contributed by atoms with van der Waals surface area (Å²) >= 11 is 12.6. The SMILES string of the molecule is O=C(O)Cc1cnc(NS(=O)(=O)c2c(Cl)cccc2Cl)s1. The van der Waals surface area contributed by atoms with Crippen molar-refractivity contribution in [3.63, 3.8) is 0 Å². The topological polar surface area (TPSA) is 96.4 Å². The summed E-state index contributed by atoms with van der Waals surface area (Å²) in [6.45, 7) is 0. The second-order valence-corrected chi connectivity index (χ2v) is 7.41. The minimum atomic E-state index is -4.00. The first-order valence-corrected chi connectivity index (χ1v) is 8.48. The fourth-order valence-corrected chi connectivity index (χ4v) is 4.68. The monoisotopic (exact) mass is 366 g/mol. The van der Waals surface area contributed by atoms with Gasteiger partial charge in [0, 0.05) is 11.1 Å². The van der Waals surface area contributed by atoms with E-state index in [0.717, 1.165) is 11.3 Å². The van der Waals surface area contributed by atoms with Crippen LogP contribution in [0.3, 0.4) is 0 Å². The number of aromatic nitrogens is 1. The maximum Gasteiger partial charge on any atom is 0.308 e. The predicted molar refractivity (Wildman–Crippen MR) is 80.7 cm³/mol. The smallest absolute Gasteiger partial charge is 0.308 e. The molecule has 0 fully saturated rings. The Balaban J connectivity index is 2.29. The highest BCUT2D eigenvalue weighted by Gasteiger charge is 2.23. The van der Waals surface area contributed by atoms with Crippen LogP contribution in [0.4, 0.5) is 5.13 Å². The number of rotatable bonds is 5. The normalized spacial score (nSPS) is 11.3. The average Bonchev–Trinajstić information content (AvgIpc) is 2.73. The quantitative estimate of drug-likeness (QED) is 0.847. The zero-order chi connectivity index (χ0) is 15.6. The van der Waals surface area contributed by atoms with Gasteiger partial charge in [-0.3, -0.25) is 9.52 Å². The van der Waals surface area contributed by atoms with E-state index in [9.17, 15) is 13.2 Å². The predicted octanol–water partition coefficient (Wildman–Crippen LogP) is 2.88. The number of thiazole rings is 1. The number of anilines is 1. The number of hydrogen-bond acceptors (Lipinski definition) is 5. The van der Waals surface area contributed by atoms with E-state index in [1.165, 1.54) is 24.4 Å². The summed E-state index contributed by atoms with van der Waals surface area (Å²) in [4.78, 5) is 14.6. The summed E-state index contributed by atoms with van der Waals surface area (Å²) in [7, 11) is -4.00. The van der Waals surface area contributed by atoms with E-state index in [1.807, 2.05) is 0 Å².